The molecule has 3 N–H and O–H groups in total. The Hall–Kier alpha value is -1.48. The van der Waals surface area contributed by atoms with E-state index in [-0.39, 0.29) is 5.75 Å². The first-order chi connectivity index (χ1) is 6.65. The molecule has 14 heavy (non-hydrogen) atoms. The predicted molar refractivity (Wildman–Crippen MR) is 57.2 cm³/mol. The average molecular weight is 190 g/mol. The van der Waals surface area contributed by atoms with E-state index in [1.54, 1.807) is 12.1 Å². The quantitative estimate of drug-likeness (QED) is 0.718. The number of aromatic nitrogens is 1. The van der Waals surface area contributed by atoms with Gasteiger partial charge < -0.3 is 15.4 Å². The van der Waals surface area contributed by atoms with Gasteiger partial charge in [-0.2, -0.15) is 0 Å². The number of hydrogen-bond donors (Lipinski definition) is 2. The standard InChI is InChI=1S/C11H14N2O/c1-7-10(6-12)9-5-8(14)3-4-11(9)13(7)2/h3-5,14H,6,12H2,1-2H3. The summed E-state index contributed by atoms with van der Waals surface area (Å²) in [6, 6.07) is 5.38. The van der Waals surface area contributed by atoms with Crippen molar-refractivity contribution in [1.29, 1.82) is 0 Å². The second kappa shape index (κ2) is 3.03. The van der Waals surface area contributed by atoms with Crippen LogP contribution < -0.4 is 5.73 Å². The van der Waals surface area contributed by atoms with Crippen LogP contribution in [0.5, 0.6) is 5.75 Å². The van der Waals surface area contributed by atoms with E-state index in [2.05, 4.69) is 4.57 Å². The Morgan fingerprint density at radius 2 is 2.14 bits per heavy atom. The van der Waals surface area contributed by atoms with Crippen molar-refractivity contribution in [3.8, 4) is 5.75 Å². The van der Waals surface area contributed by atoms with Gasteiger partial charge >= 0.3 is 0 Å². The number of rotatable bonds is 1. The van der Waals surface area contributed by atoms with E-state index >= 15 is 0 Å². The Bertz CT molecular complexity index is 485. The van der Waals surface area contributed by atoms with Gasteiger partial charge in [0.15, 0.2) is 0 Å². The van der Waals surface area contributed by atoms with Crippen LogP contribution in [0.4, 0.5) is 0 Å². The first kappa shape index (κ1) is 9.09. The Morgan fingerprint density at radius 3 is 2.79 bits per heavy atom. The molecule has 0 radical (unpaired) electrons. The molecule has 0 fully saturated rings. The molecule has 0 aliphatic heterocycles. The molecule has 0 unspecified atom stereocenters. The minimum Gasteiger partial charge on any atom is -0.508 e. The second-order valence-corrected chi connectivity index (χ2v) is 3.53. The van der Waals surface area contributed by atoms with Crippen LogP contribution in [0.1, 0.15) is 11.3 Å². The summed E-state index contributed by atoms with van der Waals surface area (Å²) < 4.78 is 2.09. The van der Waals surface area contributed by atoms with Gasteiger partial charge in [-0.25, -0.2) is 0 Å². The lowest BCUT2D eigenvalue weighted by molar-refractivity contribution is 0.476. The van der Waals surface area contributed by atoms with Crippen molar-refractivity contribution in [1.82, 2.24) is 4.57 Å². The summed E-state index contributed by atoms with van der Waals surface area (Å²) in [5.41, 5.74) is 9.07. The van der Waals surface area contributed by atoms with Crippen LogP contribution in [0.15, 0.2) is 18.2 Å². The van der Waals surface area contributed by atoms with Crippen LogP contribution in [0, 0.1) is 6.92 Å². The van der Waals surface area contributed by atoms with Gasteiger partial charge in [-0.1, -0.05) is 0 Å². The summed E-state index contributed by atoms with van der Waals surface area (Å²) in [7, 11) is 2.01. The maximum atomic E-state index is 9.40. The van der Waals surface area contributed by atoms with E-state index in [0.29, 0.717) is 6.54 Å². The van der Waals surface area contributed by atoms with Crippen molar-refractivity contribution >= 4 is 10.9 Å². The molecular weight excluding hydrogens is 176 g/mol. The van der Waals surface area contributed by atoms with Crippen LogP contribution in [0.2, 0.25) is 0 Å². The van der Waals surface area contributed by atoms with Crippen molar-refractivity contribution in [3.05, 3.63) is 29.5 Å². The largest absolute Gasteiger partial charge is 0.508 e. The van der Waals surface area contributed by atoms with Crippen molar-refractivity contribution < 1.29 is 5.11 Å². The summed E-state index contributed by atoms with van der Waals surface area (Å²) in [6.07, 6.45) is 0. The van der Waals surface area contributed by atoms with E-state index in [4.69, 9.17) is 5.73 Å². The van der Waals surface area contributed by atoms with E-state index in [1.807, 2.05) is 20.0 Å². The smallest absolute Gasteiger partial charge is 0.116 e. The number of benzene rings is 1. The Morgan fingerprint density at radius 1 is 1.43 bits per heavy atom. The van der Waals surface area contributed by atoms with Crippen LogP contribution >= 0.6 is 0 Å². The van der Waals surface area contributed by atoms with Crippen LogP contribution in [-0.2, 0) is 13.6 Å². The normalized spacial score (nSPS) is 11.1. The van der Waals surface area contributed by atoms with Crippen LogP contribution in [0.25, 0.3) is 10.9 Å². The molecule has 1 heterocycles. The highest BCUT2D eigenvalue weighted by molar-refractivity contribution is 5.86. The third-order valence-corrected chi connectivity index (χ3v) is 2.81. The van der Waals surface area contributed by atoms with Crippen LogP contribution in [-0.4, -0.2) is 9.67 Å². The van der Waals surface area contributed by atoms with Gasteiger partial charge in [-0.3, -0.25) is 0 Å². The fourth-order valence-electron chi connectivity index (χ4n) is 1.89. The number of hydrogen-bond acceptors (Lipinski definition) is 2. The van der Waals surface area contributed by atoms with Gasteiger partial charge in [0.1, 0.15) is 5.75 Å². The lowest BCUT2D eigenvalue weighted by Crippen LogP contribution is -1.98. The monoisotopic (exact) mass is 190 g/mol. The molecule has 74 valence electrons. The molecule has 3 nitrogen and oxygen atoms in total. The van der Waals surface area contributed by atoms with Gasteiger partial charge in [-0.05, 0) is 30.7 Å². The number of fused-ring (bicyclic) bond motifs is 1. The van der Waals surface area contributed by atoms with Gasteiger partial charge in [0.25, 0.3) is 0 Å². The highest BCUT2D eigenvalue weighted by atomic mass is 16.3. The fourth-order valence-corrected chi connectivity index (χ4v) is 1.89. The first-order valence-electron chi connectivity index (χ1n) is 4.62. The molecule has 0 atom stereocenters. The number of nitrogens with two attached hydrogens (primary N) is 1. The third-order valence-electron chi connectivity index (χ3n) is 2.81. The Kier molecular flexibility index (Phi) is 1.97. The minimum absolute atomic E-state index is 0.290. The first-order valence-corrected chi connectivity index (χ1v) is 4.62. The highest BCUT2D eigenvalue weighted by Gasteiger charge is 2.10. The van der Waals surface area contributed by atoms with Crippen molar-refractivity contribution in [2.75, 3.05) is 0 Å². The van der Waals surface area contributed by atoms with Crippen molar-refractivity contribution in [2.24, 2.45) is 12.8 Å². The summed E-state index contributed by atoms with van der Waals surface area (Å²) in [6.45, 7) is 2.55. The summed E-state index contributed by atoms with van der Waals surface area (Å²) in [5, 5.41) is 10.4. The van der Waals surface area contributed by atoms with Crippen LogP contribution in [0.3, 0.4) is 0 Å². The SMILES string of the molecule is Cc1c(CN)c2cc(O)ccc2n1C. The molecule has 0 aliphatic carbocycles. The molecular formula is C11H14N2O. The lowest BCUT2D eigenvalue weighted by atomic mass is 10.1. The third kappa shape index (κ3) is 1.09. The Balaban J connectivity index is 2.89. The van der Waals surface area contributed by atoms with Gasteiger partial charge in [0, 0.05) is 30.2 Å². The number of nitrogens with zero attached hydrogens (tertiary/aromatic N) is 1. The molecule has 2 aromatic rings. The zero-order valence-electron chi connectivity index (χ0n) is 8.41. The zero-order chi connectivity index (χ0) is 10.3. The molecule has 0 saturated heterocycles. The van der Waals surface area contributed by atoms with E-state index in [9.17, 15) is 5.11 Å². The number of phenolic OH excluding ortho intramolecular Hbond substituents is 1. The lowest BCUT2D eigenvalue weighted by Gasteiger charge is -1.98. The number of aromatic hydroxyl groups is 1. The van der Waals surface area contributed by atoms with E-state index in [0.717, 1.165) is 22.2 Å². The molecule has 0 amide bonds. The fraction of sp³-hybridized carbons (Fsp3) is 0.273. The zero-order valence-corrected chi connectivity index (χ0v) is 8.41. The maximum absolute atomic E-state index is 9.40. The topological polar surface area (TPSA) is 51.2 Å². The molecule has 0 bridgehead atoms. The van der Waals surface area contributed by atoms with Crippen molar-refractivity contribution in [3.63, 3.8) is 0 Å². The minimum atomic E-state index is 0.290. The van der Waals surface area contributed by atoms with Gasteiger partial charge in [0.05, 0.1) is 0 Å². The molecule has 1 aromatic carbocycles. The maximum Gasteiger partial charge on any atom is 0.116 e. The van der Waals surface area contributed by atoms with Gasteiger partial charge in [0.2, 0.25) is 0 Å². The number of phenols is 1. The molecule has 2 rings (SSSR count). The molecule has 0 aliphatic rings. The van der Waals surface area contributed by atoms with Gasteiger partial charge in [-0.15, -0.1) is 0 Å². The number of aryl methyl sites for hydroxylation is 1. The summed E-state index contributed by atoms with van der Waals surface area (Å²) >= 11 is 0. The second-order valence-electron chi connectivity index (χ2n) is 3.53. The summed E-state index contributed by atoms with van der Waals surface area (Å²) in [4.78, 5) is 0. The van der Waals surface area contributed by atoms with Crippen molar-refractivity contribution in [2.45, 2.75) is 13.5 Å². The molecule has 1 aromatic heterocycles. The average Bonchev–Trinajstić information content (AvgIpc) is 2.39. The van der Waals surface area contributed by atoms with E-state index in [1.165, 1.54) is 0 Å². The molecule has 0 saturated carbocycles. The summed E-state index contributed by atoms with van der Waals surface area (Å²) in [5.74, 6) is 0.290. The van der Waals surface area contributed by atoms with E-state index < -0.39 is 0 Å². The molecule has 3 heteroatoms. The molecule has 0 spiro atoms. The highest BCUT2D eigenvalue weighted by Crippen LogP contribution is 2.27. The predicted octanol–water partition coefficient (Wildman–Crippen LogP) is 1.65. The Labute approximate surface area is 82.8 Å².